The number of aromatic nitrogens is 3. The SMILES string of the molecule is Cc1nc2cc(-c3cccn4c(C(=O)c5cc(F)c(NC(=O)/C=C/CNC6CCOC(C)(C)C6)c(F)c5)ccc34)c(C(F)(F)F)cc2n1C. The lowest BCUT2D eigenvalue weighted by molar-refractivity contribution is -0.137. The number of hydrogen-bond acceptors (Lipinski definition) is 5. The number of hydrogen-bond donors (Lipinski definition) is 2. The van der Waals surface area contributed by atoms with E-state index in [2.05, 4.69) is 15.6 Å². The van der Waals surface area contributed by atoms with E-state index in [1.807, 2.05) is 13.8 Å². The molecular formula is C36H34F5N5O3. The summed E-state index contributed by atoms with van der Waals surface area (Å²) in [5.41, 5.74) is -1.19. The Morgan fingerprint density at radius 2 is 1.80 bits per heavy atom. The third-order valence-electron chi connectivity index (χ3n) is 8.81. The first-order valence-corrected chi connectivity index (χ1v) is 15.7. The highest BCUT2D eigenvalue weighted by Gasteiger charge is 2.35. The van der Waals surface area contributed by atoms with Crippen LogP contribution >= 0.6 is 0 Å². The Morgan fingerprint density at radius 3 is 2.49 bits per heavy atom. The van der Waals surface area contributed by atoms with Crippen LogP contribution in [0.1, 0.15) is 54.1 Å². The molecule has 0 spiro atoms. The number of carbonyl (C=O) groups is 2. The summed E-state index contributed by atoms with van der Waals surface area (Å²) < 4.78 is 81.8. The van der Waals surface area contributed by atoms with Crippen molar-refractivity contribution in [2.45, 2.75) is 51.4 Å². The minimum Gasteiger partial charge on any atom is -0.375 e. The van der Waals surface area contributed by atoms with Crippen LogP contribution in [0.15, 0.2) is 66.9 Å². The number of ketones is 1. The highest BCUT2D eigenvalue weighted by atomic mass is 19.4. The summed E-state index contributed by atoms with van der Waals surface area (Å²) in [6, 6.07) is 10.1. The molecule has 0 aliphatic carbocycles. The highest BCUT2D eigenvalue weighted by molar-refractivity contribution is 6.09. The van der Waals surface area contributed by atoms with Gasteiger partial charge in [-0.05, 0) is 81.6 Å². The van der Waals surface area contributed by atoms with Gasteiger partial charge in [0.2, 0.25) is 11.7 Å². The van der Waals surface area contributed by atoms with E-state index in [1.165, 1.54) is 40.9 Å². The topological polar surface area (TPSA) is 89.7 Å². The Morgan fingerprint density at radius 1 is 1.06 bits per heavy atom. The number of ether oxygens (including phenoxy) is 1. The molecule has 2 N–H and O–H groups in total. The molecule has 1 amide bonds. The van der Waals surface area contributed by atoms with Crippen molar-refractivity contribution in [2.75, 3.05) is 18.5 Å². The number of pyridine rings is 1. The first-order valence-electron chi connectivity index (χ1n) is 15.7. The molecule has 6 rings (SSSR count). The fraction of sp³-hybridized carbons (Fsp3) is 0.306. The van der Waals surface area contributed by atoms with Gasteiger partial charge in [0.1, 0.15) is 23.1 Å². The Labute approximate surface area is 278 Å². The number of rotatable bonds is 8. The Kier molecular flexibility index (Phi) is 8.92. The molecule has 1 unspecified atom stereocenters. The van der Waals surface area contributed by atoms with Gasteiger partial charge < -0.3 is 24.3 Å². The number of halogens is 5. The number of anilines is 1. The summed E-state index contributed by atoms with van der Waals surface area (Å²) >= 11 is 0. The van der Waals surface area contributed by atoms with Crippen LogP contribution < -0.4 is 10.6 Å². The maximum Gasteiger partial charge on any atom is 0.417 e. The number of fused-ring (bicyclic) bond motifs is 2. The number of amides is 1. The average Bonchev–Trinajstić information content (AvgIpc) is 3.59. The van der Waals surface area contributed by atoms with Crippen LogP contribution in [-0.4, -0.2) is 50.4 Å². The lowest BCUT2D eigenvalue weighted by Gasteiger charge is -2.35. The molecule has 0 bridgehead atoms. The number of alkyl halides is 3. The van der Waals surface area contributed by atoms with E-state index in [0.29, 0.717) is 30.0 Å². The molecule has 5 aromatic rings. The smallest absolute Gasteiger partial charge is 0.375 e. The van der Waals surface area contributed by atoms with Crippen molar-refractivity contribution in [1.29, 1.82) is 0 Å². The zero-order valence-corrected chi connectivity index (χ0v) is 27.2. The molecular weight excluding hydrogens is 645 g/mol. The normalized spacial score (nSPS) is 16.6. The highest BCUT2D eigenvalue weighted by Crippen LogP contribution is 2.41. The van der Waals surface area contributed by atoms with Gasteiger partial charge in [-0.15, -0.1) is 0 Å². The second-order valence-corrected chi connectivity index (χ2v) is 12.7. The quantitative estimate of drug-likeness (QED) is 0.102. The first-order chi connectivity index (χ1) is 23.1. The Bertz CT molecular complexity index is 2110. The van der Waals surface area contributed by atoms with E-state index in [-0.39, 0.29) is 39.5 Å². The number of nitrogens with one attached hydrogen (secondary N) is 2. The van der Waals surface area contributed by atoms with E-state index in [4.69, 9.17) is 4.74 Å². The second-order valence-electron chi connectivity index (χ2n) is 12.7. The van der Waals surface area contributed by atoms with Crippen LogP contribution in [0.4, 0.5) is 27.6 Å². The third-order valence-corrected chi connectivity index (χ3v) is 8.81. The maximum absolute atomic E-state index is 15.1. The number of aryl methyl sites for hydroxylation is 2. The molecule has 3 aromatic heterocycles. The summed E-state index contributed by atoms with van der Waals surface area (Å²) in [5.74, 6) is -3.32. The molecule has 1 aliphatic rings. The van der Waals surface area contributed by atoms with Crippen LogP contribution in [-0.2, 0) is 22.8 Å². The molecule has 1 fully saturated rings. The van der Waals surface area contributed by atoms with Gasteiger partial charge in [0.15, 0.2) is 0 Å². The maximum atomic E-state index is 15.1. The van der Waals surface area contributed by atoms with E-state index >= 15 is 8.78 Å². The van der Waals surface area contributed by atoms with Gasteiger partial charge in [-0.25, -0.2) is 13.8 Å². The van der Waals surface area contributed by atoms with Crippen LogP contribution in [0.5, 0.6) is 0 Å². The van der Waals surface area contributed by atoms with Crippen molar-refractivity contribution < 1.29 is 36.3 Å². The summed E-state index contributed by atoms with van der Waals surface area (Å²) in [4.78, 5) is 30.3. The lowest BCUT2D eigenvalue weighted by atomic mass is 9.94. The number of benzene rings is 2. The molecule has 2 aromatic carbocycles. The van der Waals surface area contributed by atoms with E-state index < -0.39 is 40.8 Å². The van der Waals surface area contributed by atoms with Gasteiger partial charge in [0, 0.05) is 49.6 Å². The van der Waals surface area contributed by atoms with Crippen molar-refractivity contribution in [3.63, 3.8) is 0 Å². The van der Waals surface area contributed by atoms with Gasteiger partial charge in [0.05, 0.1) is 33.4 Å². The van der Waals surface area contributed by atoms with Crippen molar-refractivity contribution in [3.05, 3.63) is 101 Å². The van der Waals surface area contributed by atoms with Gasteiger partial charge in [-0.2, -0.15) is 13.2 Å². The van der Waals surface area contributed by atoms with Gasteiger partial charge >= 0.3 is 6.18 Å². The first kappa shape index (κ1) is 34.0. The molecule has 1 aliphatic heterocycles. The fourth-order valence-corrected chi connectivity index (χ4v) is 6.31. The molecule has 256 valence electrons. The van der Waals surface area contributed by atoms with Crippen LogP contribution in [0.2, 0.25) is 0 Å². The number of carbonyl (C=O) groups excluding carboxylic acids is 2. The summed E-state index contributed by atoms with van der Waals surface area (Å²) in [7, 11) is 1.63. The van der Waals surface area contributed by atoms with Crippen molar-refractivity contribution >= 4 is 33.9 Å². The predicted molar refractivity (Wildman–Crippen MR) is 175 cm³/mol. The zero-order chi connectivity index (χ0) is 35.2. The second kappa shape index (κ2) is 12.9. The monoisotopic (exact) mass is 679 g/mol. The largest absolute Gasteiger partial charge is 0.417 e. The lowest BCUT2D eigenvalue weighted by Crippen LogP contribution is -2.43. The van der Waals surface area contributed by atoms with Gasteiger partial charge in [-0.3, -0.25) is 9.59 Å². The fourth-order valence-electron chi connectivity index (χ4n) is 6.31. The van der Waals surface area contributed by atoms with E-state index in [1.54, 1.807) is 24.6 Å². The Hall–Kier alpha value is -4.88. The van der Waals surface area contributed by atoms with Gasteiger partial charge in [-0.1, -0.05) is 12.1 Å². The zero-order valence-electron chi connectivity index (χ0n) is 27.2. The molecule has 4 heterocycles. The van der Waals surface area contributed by atoms with Gasteiger partial charge in [0.25, 0.3) is 0 Å². The summed E-state index contributed by atoms with van der Waals surface area (Å²) in [6.07, 6.45) is 1.12. The van der Waals surface area contributed by atoms with Crippen LogP contribution in [0.3, 0.4) is 0 Å². The van der Waals surface area contributed by atoms with E-state index in [9.17, 15) is 22.8 Å². The van der Waals surface area contributed by atoms with Crippen molar-refractivity contribution in [2.24, 2.45) is 7.05 Å². The summed E-state index contributed by atoms with van der Waals surface area (Å²) in [6.45, 7) is 6.69. The van der Waals surface area contributed by atoms with Crippen LogP contribution in [0.25, 0.3) is 27.7 Å². The molecule has 1 atom stereocenters. The number of imidazole rings is 1. The number of nitrogens with zero attached hydrogens (tertiary/aromatic N) is 3. The average molecular weight is 680 g/mol. The standard InChI is InChI=1S/C36H34F5N5O3/c1-20-43-28-17-24(25(36(39,40)41)18-31(28)45(20)4)23-7-6-13-46-29(23)9-10-30(46)34(48)21-15-26(37)33(27(38)16-21)44-32(47)8-5-12-42-22-11-14-49-35(2,3)19-22/h5-10,13,15-18,22,42H,11-12,14,19H2,1-4H3,(H,44,47)/b8-5+. The molecule has 8 nitrogen and oxygen atoms in total. The molecule has 13 heteroatoms. The molecule has 0 saturated carbocycles. The predicted octanol–water partition coefficient (Wildman–Crippen LogP) is 7.37. The van der Waals surface area contributed by atoms with E-state index in [0.717, 1.165) is 37.1 Å². The van der Waals surface area contributed by atoms with Crippen molar-refractivity contribution in [3.8, 4) is 11.1 Å². The Balaban J connectivity index is 1.23. The minimum absolute atomic E-state index is 0.0286. The third kappa shape index (κ3) is 6.86. The summed E-state index contributed by atoms with van der Waals surface area (Å²) in [5, 5.41) is 5.49. The molecule has 49 heavy (non-hydrogen) atoms. The van der Waals surface area contributed by atoms with Crippen LogP contribution in [0, 0.1) is 18.6 Å². The molecule has 0 radical (unpaired) electrons. The van der Waals surface area contributed by atoms with Crippen molar-refractivity contribution in [1.82, 2.24) is 19.3 Å². The molecule has 1 saturated heterocycles. The minimum atomic E-state index is -4.69.